The SMILES string of the molecule is C[C@]12CC[C@H](OC(=O)OCCC(P(O)O)P(O)O)C[C@@H]1CC[C@@H]1[C@@H]2CC[C@]2(C)C(=O)CC[C@@H]12. The topological polar surface area (TPSA) is 134 Å². The molecular weight excluding hydrogens is 466 g/mol. The largest absolute Gasteiger partial charge is 0.508 e. The van der Waals surface area contributed by atoms with E-state index in [9.17, 15) is 29.2 Å². The third-order valence-electron chi connectivity index (χ3n) is 9.72. The Kier molecular flexibility index (Phi) is 7.76. The molecule has 4 aliphatic carbocycles. The van der Waals surface area contributed by atoms with Gasteiger partial charge in [-0.05, 0) is 80.5 Å². The summed E-state index contributed by atoms with van der Waals surface area (Å²) in [5.41, 5.74) is 0.125. The van der Waals surface area contributed by atoms with Crippen LogP contribution in [0.4, 0.5) is 4.79 Å². The number of carbonyl (C=O) groups excluding carboxylic acids is 2. The Morgan fingerprint density at radius 3 is 2.45 bits per heavy atom. The van der Waals surface area contributed by atoms with Crippen LogP contribution in [0, 0.1) is 34.5 Å². The number of ether oxygens (including phenoxy) is 2. The number of hydrogen-bond acceptors (Lipinski definition) is 8. The Hall–Kier alpha value is -0.360. The number of carbonyl (C=O) groups is 2. The minimum absolute atomic E-state index is 0.0382. The Morgan fingerprint density at radius 2 is 1.76 bits per heavy atom. The Morgan fingerprint density at radius 1 is 1.03 bits per heavy atom. The molecule has 4 rings (SSSR count). The summed E-state index contributed by atoms with van der Waals surface area (Å²) in [6.45, 7) is 4.48. The molecule has 10 heteroatoms. The molecule has 0 radical (unpaired) electrons. The molecule has 0 saturated heterocycles. The van der Waals surface area contributed by atoms with Crippen LogP contribution in [-0.2, 0) is 14.3 Å². The van der Waals surface area contributed by atoms with E-state index in [1.807, 2.05) is 0 Å². The fraction of sp³-hybridized carbons (Fsp3) is 0.913. The van der Waals surface area contributed by atoms with Crippen LogP contribution in [0.2, 0.25) is 0 Å². The highest BCUT2D eigenvalue weighted by atomic mass is 31.2. The Labute approximate surface area is 198 Å². The van der Waals surface area contributed by atoms with Gasteiger partial charge in [-0.15, -0.1) is 0 Å². The van der Waals surface area contributed by atoms with Gasteiger partial charge in [0.15, 0.2) is 16.8 Å². The summed E-state index contributed by atoms with van der Waals surface area (Å²) in [4.78, 5) is 61.7. The summed E-state index contributed by atoms with van der Waals surface area (Å²) in [6.07, 6.45) is 7.84. The zero-order chi connectivity index (χ0) is 24.0. The highest BCUT2D eigenvalue weighted by molar-refractivity contribution is 7.64. The van der Waals surface area contributed by atoms with Crippen molar-refractivity contribution in [3.8, 4) is 0 Å². The second-order valence-electron chi connectivity index (χ2n) is 11.1. The molecule has 188 valence electrons. The maximum absolute atomic E-state index is 12.6. The minimum Gasteiger partial charge on any atom is -0.434 e. The molecule has 0 heterocycles. The molecule has 7 atom stereocenters. The van der Waals surface area contributed by atoms with Crippen LogP contribution in [0.1, 0.15) is 78.1 Å². The lowest BCUT2D eigenvalue weighted by Gasteiger charge is -2.60. The van der Waals surface area contributed by atoms with Crippen LogP contribution < -0.4 is 0 Å². The average Bonchev–Trinajstić information content (AvgIpc) is 3.05. The van der Waals surface area contributed by atoms with Gasteiger partial charge in [0.2, 0.25) is 0 Å². The summed E-state index contributed by atoms with van der Waals surface area (Å²) in [6, 6.07) is 0. The monoisotopic (exact) mass is 504 g/mol. The number of rotatable bonds is 6. The van der Waals surface area contributed by atoms with E-state index in [1.54, 1.807) is 0 Å². The number of ketones is 1. The van der Waals surface area contributed by atoms with Crippen LogP contribution in [0.3, 0.4) is 0 Å². The first kappa shape index (κ1) is 25.7. The van der Waals surface area contributed by atoms with Gasteiger partial charge in [0.05, 0.1) is 6.61 Å². The summed E-state index contributed by atoms with van der Waals surface area (Å²) < 4.78 is 10.7. The summed E-state index contributed by atoms with van der Waals surface area (Å²) in [5, 5.41) is -1.08. The normalized spacial score (nSPS) is 40.5. The zero-order valence-corrected chi connectivity index (χ0v) is 21.3. The lowest BCUT2D eigenvalue weighted by Crippen LogP contribution is -2.54. The smallest absolute Gasteiger partial charge is 0.434 e. The maximum atomic E-state index is 12.6. The van der Waals surface area contributed by atoms with E-state index in [0.29, 0.717) is 29.5 Å². The van der Waals surface area contributed by atoms with E-state index in [4.69, 9.17) is 9.47 Å². The summed E-state index contributed by atoms with van der Waals surface area (Å²) in [7, 11) is -5.01. The van der Waals surface area contributed by atoms with Crippen LogP contribution in [0.15, 0.2) is 0 Å². The summed E-state index contributed by atoms with van der Waals surface area (Å²) in [5.74, 6) is 2.79. The standard InChI is InChI=1S/C23H38O8P2/c1-22-10-7-15(31-21(25)30-12-9-20(32(26)27)33(28)29)13-14(22)3-4-16-17-5-6-19(24)23(17,2)11-8-18(16)22/h14-18,20,26-29H,3-13H2,1-2H3/t14-,15-,16-,17-,18-,22-,23-/m0/s1. The van der Waals surface area contributed by atoms with Gasteiger partial charge < -0.3 is 29.0 Å². The molecule has 4 N–H and O–H groups in total. The van der Waals surface area contributed by atoms with E-state index in [-0.39, 0.29) is 30.0 Å². The molecule has 0 aromatic carbocycles. The van der Waals surface area contributed by atoms with Gasteiger partial charge in [-0.2, -0.15) is 0 Å². The van der Waals surface area contributed by atoms with Crippen molar-refractivity contribution >= 4 is 28.7 Å². The van der Waals surface area contributed by atoms with Gasteiger partial charge in [0, 0.05) is 18.3 Å². The third-order valence-corrected chi connectivity index (χ3v) is 12.5. The minimum atomic E-state index is -2.50. The van der Waals surface area contributed by atoms with Crippen molar-refractivity contribution in [1.29, 1.82) is 0 Å². The fourth-order valence-corrected chi connectivity index (χ4v) is 9.25. The molecule has 0 spiro atoms. The van der Waals surface area contributed by atoms with Gasteiger partial charge >= 0.3 is 6.16 Å². The van der Waals surface area contributed by atoms with Crippen molar-refractivity contribution in [3.63, 3.8) is 0 Å². The van der Waals surface area contributed by atoms with E-state index in [1.165, 1.54) is 0 Å². The molecule has 0 amide bonds. The first-order valence-electron chi connectivity index (χ1n) is 12.3. The van der Waals surface area contributed by atoms with Crippen molar-refractivity contribution in [1.82, 2.24) is 0 Å². The lowest BCUT2D eigenvalue weighted by atomic mass is 9.45. The van der Waals surface area contributed by atoms with Crippen LogP contribution in [0.5, 0.6) is 0 Å². The van der Waals surface area contributed by atoms with Crippen LogP contribution in [0.25, 0.3) is 0 Å². The highest BCUT2D eigenvalue weighted by Gasteiger charge is 2.60. The Balaban J connectivity index is 1.30. The van der Waals surface area contributed by atoms with E-state index in [2.05, 4.69) is 13.8 Å². The molecule has 8 nitrogen and oxygen atoms in total. The van der Waals surface area contributed by atoms with Gasteiger partial charge in [-0.3, -0.25) is 4.79 Å². The van der Waals surface area contributed by atoms with Gasteiger partial charge in [-0.1, -0.05) is 13.8 Å². The maximum Gasteiger partial charge on any atom is 0.508 e. The second-order valence-corrected chi connectivity index (χ2v) is 14.0. The molecule has 0 aromatic heterocycles. The number of fused-ring (bicyclic) bond motifs is 5. The van der Waals surface area contributed by atoms with Crippen LogP contribution in [-0.4, -0.2) is 49.6 Å². The van der Waals surface area contributed by atoms with Crippen molar-refractivity contribution < 1.29 is 38.6 Å². The third kappa shape index (κ3) is 4.86. The molecule has 0 aliphatic heterocycles. The van der Waals surface area contributed by atoms with E-state index < -0.39 is 28.3 Å². The predicted molar refractivity (Wildman–Crippen MR) is 124 cm³/mol. The summed E-state index contributed by atoms with van der Waals surface area (Å²) >= 11 is 0. The van der Waals surface area contributed by atoms with Crippen molar-refractivity contribution in [3.05, 3.63) is 0 Å². The van der Waals surface area contributed by atoms with Gasteiger partial charge in [0.25, 0.3) is 0 Å². The number of Topliss-reactive ketones (excluding diaryl/α,β-unsaturated/α-hetero) is 1. The first-order valence-corrected chi connectivity index (χ1v) is 14.9. The van der Waals surface area contributed by atoms with Crippen molar-refractivity contribution in [2.75, 3.05) is 6.61 Å². The molecule has 4 saturated carbocycles. The zero-order valence-electron chi connectivity index (χ0n) is 19.6. The van der Waals surface area contributed by atoms with E-state index >= 15 is 0 Å². The molecule has 0 bridgehead atoms. The molecule has 4 fully saturated rings. The average molecular weight is 504 g/mol. The first-order chi connectivity index (χ1) is 15.6. The van der Waals surface area contributed by atoms with Crippen molar-refractivity contribution in [2.45, 2.75) is 89.6 Å². The highest BCUT2D eigenvalue weighted by Crippen LogP contribution is 2.65. The van der Waals surface area contributed by atoms with Crippen LogP contribution >= 0.6 is 16.8 Å². The van der Waals surface area contributed by atoms with Gasteiger partial charge in [0.1, 0.15) is 17.3 Å². The molecule has 0 unspecified atom stereocenters. The Bertz CT molecular complexity index is 740. The second kappa shape index (κ2) is 9.95. The number of hydrogen-bond donors (Lipinski definition) is 4. The molecular formula is C23H38O8P2. The lowest BCUT2D eigenvalue weighted by molar-refractivity contribution is -0.143. The molecule has 4 aliphatic rings. The van der Waals surface area contributed by atoms with Crippen molar-refractivity contribution in [2.24, 2.45) is 34.5 Å². The fourth-order valence-electron chi connectivity index (χ4n) is 7.84. The quantitative estimate of drug-likeness (QED) is 0.308. The predicted octanol–water partition coefficient (Wildman–Crippen LogP) is 4.43. The molecule has 33 heavy (non-hydrogen) atoms. The van der Waals surface area contributed by atoms with Gasteiger partial charge in [-0.25, -0.2) is 4.79 Å². The van der Waals surface area contributed by atoms with E-state index in [0.717, 1.165) is 57.8 Å². The molecule has 0 aromatic rings.